The second kappa shape index (κ2) is 8.02. The number of ketones is 1. The van der Waals surface area contributed by atoms with Crippen molar-refractivity contribution in [3.8, 4) is 22.9 Å². The molecule has 1 fully saturated rings. The third-order valence-corrected chi connectivity index (χ3v) is 6.26. The fraction of sp³-hybridized carbons (Fsp3) is 0.280. The Bertz CT molecular complexity index is 1380. The summed E-state index contributed by atoms with van der Waals surface area (Å²) in [6.45, 7) is 2.36. The van der Waals surface area contributed by atoms with Gasteiger partial charge in [0.1, 0.15) is 17.1 Å². The molecule has 3 aromatic rings. The van der Waals surface area contributed by atoms with E-state index >= 15 is 0 Å². The monoisotopic (exact) mass is 461 g/mol. The zero-order chi connectivity index (χ0) is 24.0. The summed E-state index contributed by atoms with van der Waals surface area (Å²) in [5.74, 6) is -0.0748. The van der Waals surface area contributed by atoms with E-state index in [-0.39, 0.29) is 24.4 Å². The molecule has 5 rings (SSSR count). The highest BCUT2D eigenvalue weighted by atomic mass is 16.5. The Morgan fingerprint density at radius 2 is 2.00 bits per heavy atom. The number of fused-ring (bicyclic) bond motifs is 1. The summed E-state index contributed by atoms with van der Waals surface area (Å²) in [6, 6.07) is 13.2. The Kier molecular flexibility index (Phi) is 5.11. The quantitative estimate of drug-likeness (QED) is 0.638. The maximum Gasteiger partial charge on any atom is 0.278 e. The molecule has 2 aliphatic rings. The average molecular weight is 461 g/mol. The van der Waals surface area contributed by atoms with Gasteiger partial charge < -0.3 is 19.5 Å². The van der Waals surface area contributed by atoms with Gasteiger partial charge in [0.15, 0.2) is 17.2 Å². The standard InChI is InChI=1S/C25H23N3O6/c1-15-4-3-5-16(10-15)28-22(31)12-19(29)23(26-28)24(32)27-9-8-25(14-27)13-20(30)18-11-17(33-2)6-7-21(18)34-25/h3-7,10-12,29H,8-9,13-14H2,1-2H3. The van der Waals surface area contributed by atoms with E-state index in [1.807, 2.05) is 13.0 Å². The number of benzene rings is 2. The molecule has 2 aliphatic heterocycles. The molecule has 0 radical (unpaired) electrons. The molecular formula is C25H23N3O6. The number of likely N-dealkylation sites (tertiary alicyclic amines) is 1. The summed E-state index contributed by atoms with van der Waals surface area (Å²) in [6.07, 6.45) is 0.577. The molecule has 1 spiro atoms. The van der Waals surface area contributed by atoms with Crippen LogP contribution in [0.3, 0.4) is 0 Å². The molecule has 34 heavy (non-hydrogen) atoms. The molecule has 1 unspecified atom stereocenters. The van der Waals surface area contributed by atoms with Gasteiger partial charge >= 0.3 is 0 Å². The lowest BCUT2D eigenvalue weighted by Crippen LogP contribution is -2.45. The second-order valence-electron chi connectivity index (χ2n) is 8.69. The molecule has 2 aromatic carbocycles. The molecular weight excluding hydrogens is 438 g/mol. The van der Waals surface area contributed by atoms with Gasteiger partial charge in [-0.15, -0.1) is 0 Å². The third kappa shape index (κ3) is 3.68. The van der Waals surface area contributed by atoms with Crippen LogP contribution in [-0.2, 0) is 0 Å². The van der Waals surface area contributed by atoms with Crippen LogP contribution < -0.4 is 15.0 Å². The number of aryl methyl sites for hydroxylation is 1. The third-order valence-electron chi connectivity index (χ3n) is 6.26. The molecule has 1 aromatic heterocycles. The maximum atomic E-state index is 13.3. The molecule has 0 saturated carbocycles. The molecule has 3 heterocycles. The van der Waals surface area contributed by atoms with Crippen LogP contribution in [0.15, 0.2) is 53.3 Å². The van der Waals surface area contributed by atoms with Crippen molar-refractivity contribution in [2.24, 2.45) is 0 Å². The Labute approximate surface area is 195 Å². The topological polar surface area (TPSA) is 111 Å². The van der Waals surface area contributed by atoms with Crippen LogP contribution in [0, 0.1) is 6.92 Å². The van der Waals surface area contributed by atoms with E-state index in [2.05, 4.69) is 5.10 Å². The molecule has 0 bridgehead atoms. The first-order valence-corrected chi connectivity index (χ1v) is 10.9. The van der Waals surface area contributed by atoms with E-state index in [1.54, 1.807) is 36.4 Å². The highest BCUT2D eigenvalue weighted by Crippen LogP contribution is 2.40. The fourth-order valence-electron chi connectivity index (χ4n) is 4.54. The van der Waals surface area contributed by atoms with Crippen molar-refractivity contribution in [1.29, 1.82) is 0 Å². The van der Waals surface area contributed by atoms with Gasteiger partial charge in [0.05, 0.1) is 31.3 Å². The molecule has 9 heteroatoms. The van der Waals surface area contributed by atoms with Crippen LogP contribution in [0.4, 0.5) is 0 Å². The molecule has 9 nitrogen and oxygen atoms in total. The van der Waals surface area contributed by atoms with Crippen LogP contribution in [0.5, 0.6) is 17.2 Å². The van der Waals surface area contributed by atoms with Gasteiger partial charge in [0.25, 0.3) is 11.5 Å². The molecule has 1 saturated heterocycles. The fourth-order valence-corrected chi connectivity index (χ4v) is 4.54. The van der Waals surface area contributed by atoms with Crippen LogP contribution >= 0.6 is 0 Å². The van der Waals surface area contributed by atoms with Gasteiger partial charge in [-0.2, -0.15) is 9.78 Å². The van der Waals surface area contributed by atoms with Crippen LogP contribution in [0.1, 0.15) is 39.3 Å². The summed E-state index contributed by atoms with van der Waals surface area (Å²) >= 11 is 0. The number of carbonyl (C=O) groups is 2. The normalized spacial score (nSPS) is 19.1. The summed E-state index contributed by atoms with van der Waals surface area (Å²) < 4.78 is 12.5. The summed E-state index contributed by atoms with van der Waals surface area (Å²) in [4.78, 5) is 40.1. The zero-order valence-corrected chi connectivity index (χ0v) is 18.8. The van der Waals surface area contributed by atoms with E-state index < -0.39 is 22.8 Å². The molecule has 1 N–H and O–H groups in total. The Morgan fingerprint density at radius 1 is 1.18 bits per heavy atom. The minimum Gasteiger partial charge on any atom is -0.505 e. The van der Waals surface area contributed by atoms with Crippen molar-refractivity contribution in [3.05, 3.63) is 75.7 Å². The van der Waals surface area contributed by atoms with Gasteiger partial charge in [-0.3, -0.25) is 14.4 Å². The largest absolute Gasteiger partial charge is 0.505 e. The number of aromatic hydroxyl groups is 1. The summed E-state index contributed by atoms with van der Waals surface area (Å²) in [5, 5.41) is 14.5. The molecule has 1 amide bonds. The number of ether oxygens (including phenoxy) is 2. The van der Waals surface area contributed by atoms with Crippen molar-refractivity contribution >= 4 is 11.7 Å². The number of hydrogen-bond donors (Lipinski definition) is 1. The number of rotatable bonds is 3. The predicted octanol–water partition coefficient (Wildman–Crippen LogP) is 2.51. The van der Waals surface area contributed by atoms with Gasteiger partial charge in [-0.1, -0.05) is 12.1 Å². The first-order chi connectivity index (χ1) is 16.3. The number of amides is 1. The van der Waals surface area contributed by atoms with Gasteiger partial charge in [-0.05, 0) is 42.8 Å². The Hall–Kier alpha value is -4.14. The molecule has 1 atom stereocenters. The van der Waals surface area contributed by atoms with Crippen LogP contribution in [0.2, 0.25) is 0 Å². The highest BCUT2D eigenvalue weighted by molar-refractivity contribution is 6.01. The number of methoxy groups -OCH3 is 1. The Morgan fingerprint density at radius 3 is 2.76 bits per heavy atom. The van der Waals surface area contributed by atoms with E-state index in [1.165, 1.54) is 12.0 Å². The average Bonchev–Trinajstić information content (AvgIpc) is 3.21. The van der Waals surface area contributed by atoms with Crippen molar-refractivity contribution in [3.63, 3.8) is 0 Å². The van der Waals surface area contributed by atoms with Crippen LogP contribution in [-0.4, -0.2) is 57.3 Å². The van der Waals surface area contributed by atoms with Gasteiger partial charge in [-0.25, -0.2) is 0 Å². The first kappa shape index (κ1) is 21.7. The summed E-state index contributed by atoms with van der Waals surface area (Å²) in [7, 11) is 1.53. The number of hydrogen-bond acceptors (Lipinski definition) is 7. The van der Waals surface area contributed by atoms with Crippen molar-refractivity contribution in [1.82, 2.24) is 14.7 Å². The van der Waals surface area contributed by atoms with Gasteiger partial charge in [0.2, 0.25) is 0 Å². The second-order valence-corrected chi connectivity index (χ2v) is 8.69. The minimum absolute atomic E-state index is 0.0802. The lowest BCUT2D eigenvalue weighted by atomic mass is 9.89. The number of nitrogens with zero attached hydrogens (tertiary/aromatic N) is 3. The van der Waals surface area contributed by atoms with Crippen molar-refractivity contribution < 1.29 is 24.2 Å². The van der Waals surface area contributed by atoms with E-state index in [0.29, 0.717) is 35.7 Å². The number of aromatic nitrogens is 2. The van der Waals surface area contributed by atoms with E-state index in [4.69, 9.17) is 9.47 Å². The van der Waals surface area contributed by atoms with Crippen molar-refractivity contribution in [2.75, 3.05) is 20.2 Å². The first-order valence-electron chi connectivity index (χ1n) is 10.9. The smallest absolute Gasteiger partial charge is 0.278 e. The molecule has 0 aliphatic carbocycles. The predicted molar refractivity (Wildman–Crippen MR) is 122 cm³/mol. The lowest BCUT2D eigenvalue weighted by molar-refractivity contribution is 0.0425. The number of Topliss-reactive ketones (excluding diaryl/α,β-unsaturated/α-hetero) is 1. The van der Waals surface area contributed by atoms with Crippen LogP contribution in [0.25, 0.3) is 5.69 Å². The van der Waals surface area contributed by atoms with Crippen molar-refractivity contribution in [2.45, 2.75) is 25.4 Å². The highest BCUT2D eigenvalue weighted by Gasteiger charge is 2.47. The number of carbonyl (C=O) groups excluding carboxylic acids is 2. The van der Waals surface area contributed by atoms with Gasteiger partial charge in [0, 0.05) is 19.0 Å². The minimum atomic E-state index is -0.852. The Balaban J connectivity index is 1.42. The van der Waals surface area contributed by atoms with E-state index in [9.17, 15) is 19.5 Å². The van der Waals surface area contributed by atoms with E-state index in [0.717, 1.165) is 16.3 Å². The lowest BCUT2D eigenvalue weighted by Gasteiger charge is -2.34. The molecule has 174 valence electrons. The summed E-state index contributed by atoms with van der Waals surface area (Å²) in [5.41, 5.74) is 0.237. The maximum absolute atomic E-state index is 13.3. The SMILES string of the molecule is COc1ccc2c(c1)C(=O)CC1(CCN(C(=O)c3nn(-c4cccc(C)c4)c(=O)cc3O)C1)O2. The zero-order valence-electron chi connectivity index (χ0n) is 18.8.